The topological polar surface area (TPSA) is 40.6 Å². The van der Waals surface area contributed by atoms with Gasteiger partial charge in [0.25, 0.3) is 0 Å². The number of benzene rings is 7. The minimum absolute atomic E-state index is 0.676. The molecule has 0 saturated heterocycles. The van der Waals surface area contributed by atoms with Crippen molar-refractivity contribution in [1.29, 1.82) is 0 Å². The minimum atomic E-state index is 0.676. The van der Waals surface area contributed by atoms with Crippen LogP contribution in [0, 0.1) is 0 Å². The Balaban J connectivity index is 1.28. The number of nitrogens with zero attached hydrogens (tertiary/aromatic N) is 5. The van der Waals surface area contributed by atoms with Gasteiger partial charge in [-0.25, -0.2) is 9.97 Å². The molecule has 0 spiro atoms. The van der Waals surface area contributed by atoms with E-state index in [1.807, 2.05) is 18.2 Å². The summed E-state index contributed by atoms with van der Waals surface area (Å²) in [6.07, 6.45) is 0. The van der Waals surface area contributed by atoms with E-state index in [1.165, 1.54) is 37.8 Å². The quantitative estimate of drug-likeness (QED) is 0.190. The number of hydrogen-bond acceptors (Lipinski definition) is 2. The zero-order valence-corrected chi connectivity index (χ0v) is 27.5. The molecule has 0 N–H and O–H groups in total. The highest BCUT2D eigenvalue weighted by Gasteiger charge is 2.21. The van der Waals surface area contributed by atoms with E-state index >= 15 is 0 Å². The van der Waals surface area contributed by atoms with Crippen molar-refractivity contribution in [2.45, 2.75) is 0 Å². The van der Waals surface area contributed by atoms with Crippen LogP contribution in [0.5, 0.6) is 0 Å². The van der Waals surface area contributed by atoms with E-state index in [2.05, 4.69) is 171 Å². The van der Waals surface area contributed by atoms with Gasteiger partial charge in [-0.1, -0.05) is 121 Å². The van der Waals surface area contributed by atoms with E-state index in [0.717, 1.165) is 50.5 Å². The highest BCUT2D eigenvalue weighted by atomic mass is 15.1. The molecule has 0 radical (unpaired) electrons. The first-order chi connectivity index (χ1) is 25.3. The molecule has 0 atom stereocenters. The van der Waals surface area contributed by atoms with Crippen LogP contribution < -0.4 is 0 Å². The molecule has 7 aromatic carbocycles. The van der Waals surface area contributed by atoms with Crippen molar-refractivity contribution >= 4 is 65.4 Å². The van der Waals surface area contributed by atoms with Gasteiger partial charge in [0.05, 0.1) is 33.1 Å². The Labute approximate surface area is 292 Å². The Hall–Kier alpha value is -6.98. The molecule has 0 aliphatic heterocycles. The van der Waals surface area contributed by atoms with Crippen LogP contribution >= 0.6 is 0 Å². The molecule has 238 valence electrons. The lowest BCUT2D eigenvalue weighted by atomic mass is 10.1. The maximum atomic E-state index is 5.35. The van der Waals surface area contributed by atoms with Crippen LogP contribution in [0.2, 0.25) is 0 Å². The summed E-state index contributed by atoms with van der Waals surface area (Å²) in [4.78, 5) is 10.6. The van der Waals surface area contributed by atoms with Crippen molar-refractivity contribution in [1.82, 2.24) is 23.7 Å². The second kappa shape index (κ2) is 10.8. The largest absolute Gasteiger partial charge is 0.309 e. The normalized spacial score (nSPS) is 11.9. The first-order valence-electron chi connectivity index (χ1n) is 17.3. The van der Waals surface area contributed by atoms with Gasteiger partial charge < -0.3 is 4.57 Å². The van der Waals surface area contributed by atoms with Gasteiger partial charge in [0.2, 0.25) is 0 Å². The molecule has 0 fully saturated rings. The second-order valence-electron chi connectivity index (χ2n) is 13.1. The molecular weight excluding hydrogens is 623 g/mol. The average molecular weight is 652 g/mol. The van der Waals surface area contributed by atoms with Crippen LogP contribution in [0.25, 0.3) is 94.1 Å². The predicted octanol–water partition coefficient (Wildman–Crippen LogP) is 11.4. The van der Waals surface area contributed by atoms with Crippen molar-refractivity contribution in [3.05, 3.63) is 176 Å². The highest BCUT2D eigenvalue weighted by molar-refractivity contribution is 6.19. The molecule has 0 aliphatic carbocycles. The lowest BCUT2D eigenvalue weighted by Crippen LogP contribution is -2.06. The maximum Gasteiger partial charge on any atom is 0.163 e. The van der Waals surface area contributed by atoms with Crippen molar-refractivity contribution in [2.75, 3.05) is 0 Å². The van der Waals surface area contributed by atoms with Crippen LogP contribution in [0.1, 0.15) is 0 Å². The molecule has 0 amide bonds. The Kier molecular flexibility index (Phi) is 5.89. The van der Waals surface area contributed by atoms with E-state index in [4.69, 9.17) is 9.97 Å². The van der Waals surface area contributed by atoms with Gasteiger partial charge in [0.1, 0.15) is 11.6 Å². The molecule has 0 saturated carbocycles. The van der Waals surface area contributed by atoms with Crippen molar-refractivity contribution < 1.29 is 0 Å². The monoisotopic (exact) mass is 651 g/mol. The second-order valence-corrected chi connectivity index (χ2v) is 13.1. The fraction of sp³-hybridized carbons (Fsp3) is 0. The highest BCUT2D eigenvalue weighted by Crippen LogP contribution is 2.40. The lowest BCUT2D eigenvalue weighted by molar-refractivity contribution is 0.994. The number of para-hydroxylation sites is 5. The van der Waals surface area contributed by atoms with Gasteiger partial charge in [0, 0.05) is 49.6 Å². The first-order valence-corrected chi connectivity index (χ1v) is 17.3. The third-order valence-corrected chi connectivity index (χ3v) is 10.2. The average Bonchev–Trinajstić information content (AvgIpc) is 3.83. The van der Waals surface area contributed by atoms with Crippen LogP contribution in [0.3, 0.4) is 0 Å². The summed E-state index contributed by atoms with van der Waals surface area (Å²) in [5, 5.41) is 7.22. The van der Waals surface area contributed by atoms with Crippen molar-refractivity contribution in [3.8, 4) is 28.7 Å². The van der Waals surface area contributed by atoms with Crippen LogP contribution in [-0.4, -0.2) is 23.7 Å². The molecule has 4 aromatic heterocycles. The van der Waals surface area contributed by atoms with Crippen LogP contribution in [0.15, 0.2) is 176 Å². The Bertz CT molecular complexity index is 3080. The molecule has 11 rings (SSSR count). The maximum absolute atomic E-state index is 5.35. The SMILES string of the molecule is c1ccc(-c2nc(-n3c4ccccc4c4ccccc43)cc(-n3c4ccccc4c4cc5c6ccccc6n(-c6ccccc6)c5cc43)n2)cc1. The Morgan fingerprint density at radius 1 is 0.294 bits per heavy atom. The summed E-state index contributed by atoms with van der Waals surface area (Å²) in [5.74, 6) is 2.31. The van der Waals surface area contributed by atoms with Gasteiger partial charge in [0.15, 0.2) is 5.82 Å². The number of hydrogen-bond donors (Lipinski definition) is 0. The zero-order chi connectivity index (χ0) is 33.5. The molecular formula is C46H29N5. The molecule has 4 heterocycles. The van der Waals surface area contributed by atoms with Crippen molar-refractivity contribution in [3.63, 3.8) is 0 Å². The van der Waals surface area contributed by atoms with Crippen LogP contribution in [-0.2, 0) is 0 Å². The Morgan fingerprint density at radius 2 is 0.686 bits per heavy atom. The third kappa shape index (κ3) is 4.09. The number of aromatic nitrogens is 5. The first kappa shape index (κ1) is 27.9. The molecule has 11 aromatic rings. The number of rotatable bonds is 4. The lowest BCUT2D eigenvalue weighted by Gasteiger charge is -2.14. The van der Waals surface area contributed by atoms with E-state index in [-0.39, 0.29) is 0 Å². The predicted molar refractivity (Wildman–Crippen MR) is 210 cm³/mol. The molecule has 0 bridgehead atoms. The summed E-state index contributed by atoms with van der Waals surface area (Å²) in [5.41, 5.74) is 8.85. The molecule has 51 heavy (non-hydrogen) atoms. The van der Waals surface area contributed by atoms with E-state index in [9.17, 15) is 0 Å². The molecule has 0 aliphatic rings. The summed E-state index contributed by atoms with van der Waals surface area (Å²) < 4.78 is 6.98. The van der Waals surface area contributed by atoms with Gasteiger partial charge >= 0.3 is 0 Å². The third-order valence-electron chi connectivity index (χ3n) is 10.2. The molecule has 0 unspecified atom stereocenters. The van der Waals surface area contributed by atoms with Crippen LogP contribution in [0.4, 0.5) is 0 Å². The summed E-state index contributed by atoms with van der Waals surface area (Å²) in [7, 11) is 0. The fourth-order valence-electron chi connectivity index (χ4n) is 8.07. The van der Waals surface area contributed by atoms with E-state index in [1.54, 1.807) is 0 Å². The van der Waals surface area contributed by atoms with E-state index in [0.29, 0.717) is 5.82 Å². The van der Waals surface area contributed by atoms with Gasteiger partial charge in [-0.05, 0) is 48.5 Å². The summed E-state index contributed by atoms with van der Waals surface area (Å²) in [6.45, 7) is 0. The smallest absolute Gasteiger partial charge is 0.163 e. The van der Waals surface area contributed by atoms with Gasteiger partial charge in [-0.2, -0.15) is 0 Å². The standard InChI is InChI=1S/C46H29N5/c1-3-15-30(16-4-1)46-47-44(50-39-24-12-7-19-32(39)33-20-8-13-25-40(33)50)29-45(48-46)51-41-26-14-10-22-35(41)37-27-36-34-21-9-11-23-38(34)49(42(36)28-43(37)51)31-17-5-2-6-18-31/h1-29H. The van der Waals surface area contributed by atoms with Gasteiger partial charge in [-0.3, -0.25) is 9.13 Å². The van der Waals surface area contributed by atoms with Gasteiger partial charge in [-0.15, -0.1) is 0 Å². The summed E-state index contributed by atoms with van der Waals surface area (Å²) in [6, 6.07) is 62.3. The number of fused-ring (bicyclic) bond motifs is 9. The van der Waals surface area contributed by atoms with E-state index < -0.39 is 0 Å². The minimum Gasteiger partial charge on any atom is -0.309 e. The van der Waals surface area contributed by atoms with Crippen molar-refractivity contribution in [2.24, 2.45) is 0 Å². The molecule has 5 heteroatoms. The summed E-state index contributed by atoms with van der Waals surface area (Å²) >= 11 is 0. The molecule has 5 nitrogen and oxygen atoms in total. The zero-order valence-electron chi connectivity index (χ0n) is 27.5. The fourth-order valence-corrected chi connectivity index (χ4v) is 8.07. The Morgan fingerprint density at radius 3 is 1.22 bits per heavy atom.